The lowest BCUT2D eigenvalue weighted by Gasteiger charge is -2.38. The Labute approximate surface area is 130 Å². The van der Waals surface area contributed by atoms with Gasteiger partial charge in [0.1, 0.15) is 0 Å². The number of likely N-dealkylation sites (tertiary alicyclic amines) is 1. The molecular formula is C17H34N2O2. The van der Waals surface area contributed by atoms with E-state index in [2.05, 4.69) is 37.9 Å². The summed E-state index contributed by atoms with van der Waals surface area (Å²) in [5.41, 5.74) is 0. The summed E-state index contributed by atoms with van der Waals surface area (Å²) in [7, 11) is 1.48. The summed E-state index contributed by atoms with van der Waals surface area (Å²) < 4.78 is 4.84. The highest BCUT2D eigenvalue weighted by atomic mass is 16.5. The van der Waals surface area contributed by atoms with Gasteiger partial charge in [-0.15, -0.1) is 0 Å². The number of rotatable bonds is 8. The van der Waals surface area contributed by atoms with Crippen LogP contribution in [0.2, 0.25) is 0 Å². The Kier molecular flexibility index (Phi) is 8.27. The van der Waals surface area contributed by atoms with Crippen LogP contribution in [0.1, 0.15) is 47.0 Å². The zero-order chi connectivity index (χ0) is 15.8. The van der Waals surface area contributed by atoms with E-state index in [0.29, 0.717) is 24.3 Å². The molecule has 2 unspecified atom stereocenters. The van der Waals surface area contributed by atoms with Gasteiger partial charge in [0.2, 0.25) is 0 Å². The molecule has 4 nitrogen and oxygen atoms in total. The number of hydrogen-bond acceptors (Lipinski definition) is 4. The van der Waals surface area contributed by atoms with E-state index >= 15 is 0 Å². The summed E-state index contributed by atoms with van der Waals surface area (Å²) in [5.74, 6) is 1.74. The van der Waals surface area contributed by atoms with Gasteiger partial charge in [0, 0.05) is 32.1 Å². The predicted octanol–water partition coefficient (Wildman–Crippen LogP) is 2.53. The number of esters is 1. The van der Waals surface area contributed by atoms with Crippen molar-refractivity contribution in [2.75, 3.05) is 33.3 Å². The third-order valence-electron chi connectivity index (χ3n) is 4.07. The molecule has 0 saturated carbocycles. The zero-order valence-corrected chi connectivity index (χ0v) is 14.5. The van der Waals surface area contributed by atoms with Crippen LogP contribution in [0, 0.1) is 17.8 Å². The van der Waals surface area contributed by atoms with Crippen LogP contribution in [-0.2, 0) is 9.53 Å². The Hall–Kier alpha value is -0.610. The summed E-state index contributed by atoms with van der Waals surface area (Å²) in [6, 6.07) is 0.505. The van der Waals surface area contributed by atoms with Crippen molar-refractivity contribution >= 4 is 5.97 Å². The molecule has 1 fully saturated rings. The van der Waals surface area contributed by atoms with Crippen molar-refractivity contribution < 1.29 is 9.53 Å². The number of carbonyl (C=O) groups is 1. The Morgan fingerprint density at radius 3 is 2.52 bits per heavy atom. The van der Waals surface area contributed by atoms with Crippen LogP contribution in [0.25, 0.3) is 0 Å². The maximum Gasteiger partial charge on any atom is 0.305 e. The number of methoxy groups -OCH3 is 1. The van der Waals surface area contributed by atoms with Gasteiger partial charge in [-0.25, -0.2) is 0 Å². The fourth-order valence-electron chi connectivity index (χ4n) is 3.16. The molecule has 1 heterocycles. The minimum absolute atomic E-state index is 0.0765. The van der Waals surface area contributed by atoms with Crippen molar-refractivity contribution in [3.8, 4) is 0 Å². The second kappa shape index (κ2) is 9.42. The van der Waals surface area contributed by atoms with Gasteiger partial charge in [-0.2, -0.15) is 0 Å². The molecule has 1 rings (SSSR count). The lowest BCUT2D eigenvalue weighted by atomic mass is 9.90. The molecule has 1 N–H and O–H groups in total. The monoisotopic (exact) mass is 298 g/mol. The highest BCUT2D eigenvalue weighted by Gasteiger charge is 2.28. The molecule has 1 aliphatic heterocycles. The van der Waals surface area contributed by atoms with Crippen molar-refractivity contribution in [3.05, 3.63) is 0 Å². The number of nitrogens with zero attached hydrogens (tertiary/aromatic N) is 1. The minimum Gasteiger partial charge on any atom is -0.469 e. The van der Waals surface area contributed by atoms with Gasteiger partial charge < -0.3 is 15.0 Å². The fourth-order valence-corrected chi connectivity index (χ4v) is 3.16. The number of carbonyl (C=O) groups excluding carboxylic acids is 1. The van der Waals surface area contributed by atoms with Crippen molar-refractivity contribution in [2.24, 2.45) is 17.8 Å². The predicted molar refractivity (Wildman–Crippen MR) is 87.3 cm³/mol. The van der Waals surface area contributed by atoms with Gasteiger partial charge >= 0.3 is 5.97 Å². The van der Waals surface area contributed by atoms with E-state index in [-0.39, 0.29) is 5.97 Å². The van der Waals surface area contributed by atoms with E-state index in [9.17, 15) is 4.79 Å². The lowest BCUT2D eigenvalue weighted by Crippen LogP contribution is -2.50. The zero-order valence-electron chi connectivity index (χ0n) is 14.5. The van der Waals surface area contributed by atoms with Gasteiger partial charge in [-0.3, -0.25) is 4.79 Å². The Balaban J connectivity index is 2.50. The molecule has 0 aromatic rings. The fraction of sp³-hybridized carbons (Fsp3) is 0.941. The molecule has 21 heavy (non-hydrogen) atoms. The van der Waals surface area contributed by atoms with Crippen LogP contribution >= 0.6 is 0 Å². The van der Waals surface area contributed by atoms with Crippen LogP contribution in [0.15, 0.2) is 0 Å². The van der Waals surface area contributed by atoms with Crippen molar-refractivity contribution in [1.82, 2.24) is 10.2 Å². The molecule has 0 aromatic carbocycles. The molecule has 0 aliphatic carbocycles. The van der Waals surface area contributed by atoms with E-state index < -0.39 is 0 Å². The molecule has 4 heteroatoms. The first kappa shape index (κ1) is 18.4. The molecule has 0 aromatic heterocycles. The van der Waals surface area contributed by atoms with Gasteiger partial charge in [-0.1, -0.05) is 27.7 Å². The molecule has 1 saturated heterocycles. The van der Waals surface area contributed by atoms with Crippen molar-refractivity contribution in [3.63, 3.8) is 0 Å². The van der Waals surface area contributed by atoms with E-state index in [1.165, 1.54) is 13.5 Å². The van der Waals surface area contributed by atoms with Gasteiger partial charge in [-0.05, 0) is 37.1 Å². The second-order valence-corrected chi connectivity index (χ2v) is 7.33. The summed E-state index contributed by atoms with van der Waals surface area (Å²) in [5, 5.41) is 3.68. The summed E-state index contributed by atoms with van der Waals surface area (Å²) in [6.45, 7) is 13.3. The average molecular weight is 298 g/mol. The molecule has 0 amide bonds. The van der Waals surface area contributed by atoms with Gasteiger partial charge in [0.25, 0.3) is 0 Å². The normalized spacial score (nSPS) is 23.8. The first-order valence-corrected chi connectivity index (χ1v) is 8.43. The van der Waals surface area contributed by atoms with Crippen LogP contribution in [0.3, 0.4) is 0 Å². The Morgan fingerprint density at radius 1 is 1.24 bits per heavy atom. The maximum atomic E-state index is 11.6. The van der Waals surface area contributed by atoms with Crippen LogP contribution < -0.4 is 5.32 Å². The van der Waals surface area contributed by atoms with Crippen LogP contribution in [0.4, 0.5) is 0 Å². The third kappa shape index (κ3) is 7.82. The van der Waals surface area contributed by atoms with Crippen molar-refractivity contribution in [2.45, 2.75) is 53.0 Å². The smallest absolute Gasteiger partial charge is 0.305 e. The number of hydrogen-bond donors (Lipinski definition) is 1. The molecule has 124 valence electrons. The molecule has 0 spiro atoms. The highest BCUT2D eigenvalue weighted by molar-refractivity contribution is 5.69. The Bertz CT molecular complexity index is 305. The third-order valence-corrected chi connectivity index (χ3v) is 4.07. The number of piperidine rings is 1. The Morgan fingerprint density at radius 2 is 1.95 bits per heavy atom. The molecule has 0 radical (unpaired) electrons. The van der Waals surface area contributed by atoms with E-state index in [1.54, 1.807) is 0 Å². The number of ether oxygens (including phenoxy) is 1. The quantitative estimate of drug-likeness (QED) is 0.699. The van der Waals surface area contributed by atoms with Crippen molar-refractivity contribution in [1.29, 1.82) is 0 Å². The van der Waals surface area contributed by atoms with Gasteiger partial charge in [0.05, 0.1) is 7.11 Å². The molecule has 2 atom stereocenters. The summed E-state index contributed by atoms with van der Waals surface area (Å²) in [6.07, 6.45) is 2.84. The summed E-state index contributed by atoms with van der Waals surface area (Å²) in [4.78, 5) is 14.1. The topological polar surface area (TPSA) is 41.6 Å². The van der Waals surface area contributed by atoms with E-state index in [0.717, 1.165) is 38.5 Å². The van der Waals surface area contributed by atoms with Crippen LogP contribution in [-0.4, -0.2) is 50.2 Å². The number of nitrogens with one attached hydrogen (secondary N) is 1. The standard InChI is InChI=1S/C17H34N2O2/c1-13(2)6-7-18-16-8-15(9-17(20)21-5)11-19(12-16)10-14(3)4/h13-16,18H,6-12H2,1-5H3. The molecule has 1 aliphatic rings. The molecule has 0 bridgehead atoms. The maximum absolute atomic E-state index is 11.6. The van der Waals surface area contributed by atoms with E-state index in [1.807, 2.05) is 0 Å². The molecular weight excluding hydrogens is 264 g/mol. The van der Waals surface area contributed by atoms with Gasteiger partial charge in [0.15, 0.2) is 0 Å². The summed E-state index contributed by atoms with van der Waals surface area (Å²) >= 11 is 0. The first-order valence-electron chi connectivity index (χ1n) is 8.43. The minimum atomic E-state index is -0.0765. The SMILES string of the molecule is COC(=O)CC1CC(NCCC(C)C)CN(CC(C)C)C1. The average Bonchev–Trinajstić information content (AvgIpc) is 2.37. The lowest BCUT2D eigenvalue weighted by molar-refractivity contribution is -0.142. The second-order valence-electron chi connectivity index (χ2n) is 7.33. The first-order chi connectivity index (χ1) is 9.90. The van der Waals surface area contributed by atoms with E-state index in [4.69, 9.17) is 4.74 Å². The van der Waals surface area contributed by atoms with Crippen LogP contribution in [0.5, 0.6) is 0 Å². The largest absolute Gasteiger partial charge is 0.469 e. The highest BCUT2D eigenvalue weighted by Crippen LogP contribution is 2.21.